The number of unbranched alkanes of at least 4 members (excludes halogenated alkanes) is 1. The van der Waals surface area contributed by atoms with E-state index in [-0.39, 0.29) is 5.91 Å². The minimum atomic E-state index is -0.168. The normalized spacial score (nSPS) is 12.8. The molecule has 12 heavy (non-hydrogen) atoms. The fourth-order valence-corrected chi connectivity index (χ4v) is 1.43. The predicted octanol–water partition coefficient (Wildman–Crippen LogP) is 2.47. The molecule has 0 saturated heterocycles. The molecule has 2 nitrogen and oxygen atoms in total. The van der Waals surface area contributed by atoms with Crippen LogP contribution >= 0.6 is 0 Å². The predicted molar refractivity (Wildman–Crippen MR) is 51.7 cm³/mol. The van der Waals surface area contributed by atoms with Gasteiger partial charge in [-0.1, -0.05) is 39.5 Å². The second kappa shape index (κ2) is 7.14. The minimum Gasteiger partial charge on any atom is -0.370 e. The van der Waals surface area contributed by atoms with Crippen LogP contribution in [-0.4, -0.2) is 5.91 Å². The van der Waals surface area contributed by atoms with Crippen molar-refractivity contribution < 1.29 is 4.79 Å². The first-order valence-corrected chi connectivity index (χ1v) is 4.95. The quantitative estimate of drug-likeness (QED) is 0.587. The number of amides is 1. The first kappa shape index (κ1) is 11.5. The molecule has 1 atom stereocenters. The topological polar surface area (TPSA) is 43.1 Å². The summed E-state index contributed by atoms with van der Waals surface area (Å²) in [6, 6.07) is 0. The maximum Gasteiger partial charge on any atom is 0.217 e. The van der Waals surface area contributed by atoms with E-state index < -0.39 is 0 Å². The van der Waals surface area contributed by atoms with Gasteiger partial charge >= 0.3 is 0 Å². The number of carbonyl (C=O) groups is 1. The highest BCUT2D eigenvalue weighted by atomic mass is 16.1. The van der Waals surface area contributed by atoms with Crippen LogP contribution in [0.2, 0.25) is 0 Å². The molecule has 0 fully saturated rings. The van der Waals surface area contributed by atoms with Crippen LogP contribution < -0.4 is 5.73 Å². The van der Waals surface area contributed by atoms with Gasteiger partial charge in [-0.25, -0.2) is 0 Å². The average molecular weight is 171 g/mol. The van der Waals surface area contributed by atoms with E-state index >= 15 is 0 Å². The molecule has 0 saturated carbocycles. The van der Waals surface area contributed by atoms with Crippen LogP contribution in [0.4, 0.5) is 0 Å². The lowest BCUT2D eigenvalue weighted by molar-refractivity contribution is -0.118. The summed E-state index contributed by atoms with van der Waals surface area (Å²) in [5.74, 6) is 0.640. The summed E-state index contributed by atoms with van der Waals surface area (Å²) < 4.78 is 0. The lowest BCUT2D eigenvalue weighted by Crippen LogP contribution is -2.09. The highest BCUT2D eigenvalue weighted by Gasteiger charge is 2.00. The molecule has 0 rings (SSSR count). The van der Waals surface area contributed by atoms with Gasteiger partial charge in [0.1, 0.15) is 0 Å². The average Bonchev–Trinajstić information content (AvgIpc) is 1.98. The Morgan fingerprint density at radius 3 is 2.50 bits per heavy atom. The standard InChI is InChI=1S/C10H21NO/c1-3-6-9(2)7-4-5-8-10(11)12/h9H,3-8H2,1-2H3,(H2,11,12). The monoisotopic (exact) mass is 171 g/mol. The highest BCUT2D eigenvalue weighted by molar-refractivity contribution is 5.73. The van der Waals surface area contributed by atoms with Crippen LogP contribution in [0, 0.1) is 5.92 Å². The smallest absolute Gasteiger partial charge is 0.217 e. The molecule has 0 bridgehead atoms. The van der Waals surface area contributed by atoms with Crippen molar-refractivity contribution in [2.45, 2.75) is 52.4 Å². The number of carbonyl (C=O) groups excluding carboxylic acids is 1. The third-order valence-electron chi connectivity index (χ3n) is 2.15. The van der Waals surface area contributed by atoms with Gasteiger partial charge in [0.05, 0.1) is 0 Å². The van der Waals surface area contributed by atoms with Gasteiger partial charge in [0.25, 0.3) is 0 Å². The van der Waals surface area contributed by atoms with Crippen molar-refractivity contribution in [3.05, 3.63) is 0 Å². The summed E-state index contributed by atoms with van der Waals surface area (Å²) in [5, 5.41) is 0. The van der Waals surface area contributed by atoms with Gasteiger partial charge in [-0.3, -0.25) is 4.79 Å². The molecule has 1 unspecified atom stereocenters. The second-order valence-electron chi connectivity index (χ2n) is 3.61. The van der Waals surface area contributed by atoms with Crippen molar-refractivity contribution in [3.8, 4) is 0 Å². The number of hydrogen-bond acceptors (Lipinski definition) is 1. The van der Waals surface area contributed by atoms with Crippen molar-refractivity contribution in [1.29, 1.82) is 0 Å². The molecule has 1 amide bonds. The Balaban J connectivity index is 3.13. The summed E-state index contributed by atoms with van der Waals surface area (Å²) in [6.07, 6.45) is 6.46. The molecule has 0 aliphatic heterocycles. The third-order valence-corrected chi connectivity index (χ3v) is 2.15. The van der Waals surface area contributed by atoms with Gasteiger partial charge in [0.2, 0.25) is 5.91 Å². The summed E-state index contributed by atoms with van der Waals surface area (Å²) in [4.78, 5) is 10.4. The lowest BCUT2D eigenvalue weighted by atomic mass is 9.99. The van der Waals surface area contributed by atoms with Gasteiger partial charge in [0.15, 0.2) is 0 Å². The third kappa shape index (κ3) is 7.58. The van der Waals surface area contributed by atoms with E-state index in [1.807, 2.05) is 0 Å². The van der Waals surface area contributed by atoms with Gasteiger partial charge in [-0.05, 0) is 12.3 Å². The zero-order chi connectivity index (χ0) is 9.40. The van der Waals surface area contributed by atoms with Crippen LogP contribution in [0.3, 0.4) is 0 Å². The Hall–Kier alpha value is -0.530. The van der Waals surface area contributed by atoms with E-state index in [0.29, 0.717) is 6.42 Å². The van der Waals surface area contributed by atoms with E-state index in [1.165, 1.54) is 19.3 Å². The molecule has 72 valence electrons. The Morgan fingerprint density at radius 1 is 1.33 bits per heavy atom. The zero-order valence-electron chi connectivity index (χ0n) is 8.31. The van der Waals surface area contributed by atoms with E-state index in [0.717, 1.165) is 18.8 Å². The lowest BCUT2D eigenvalue weighted by Gasteiger charge is -2.08. The number of hydrogen-bond donors (Lipinski definition) is 1. The molecule has 0 radical (unpaired) electrons. The highest BCUT2D eigenvalue weighted by Crippen LogP contribution is 2.13. The van der Waals surface area contributed by atoms with Crippen LogP contribution in [0.5, 0.6) is 0 Å². The minimum absolute atomic E-state index is 0.168. The number of rotatable bonds is 7. The number of nitrogens with two attached hydrogens (primary N) is 1. The van der Waals surface area contributed by atoms with Crippen LogP contribution in [0.15, 0.2) is 0 Å². The van der Waals surface area contributed by atoms with Crippen molar-refractivity contribution >= 4 is 5.91 Å². The van der Waals surface area contributed by atoms with Crippen LogP contribution in [0.25, 0.3) is 0 Å². The first-order valence-electron chi connectivity index (χ1n) is 4.95. The molecular formula is C10H21NO. The van der Waals surface area contributed by atoms with Gasteiger partial charge < -0.3 is 5.73 Å². The maximum atomic E-state index is 10.4. The van der Waals surface area contributed by atoms with Crippen molar-refractivity contribution in [2.75, 3.05) is 0 Å². The fraction of sp³-hybridized carbons (Fsp3) is 0.900. The fourth-order valence-electron chi connectivity index (χ4n) is 1.43. The summed E-state index contributed by atoms with van der Waals surface area (Å²) in [5.41, 5.74) is 5.03. The molecule has 0 aromatic heterocycles. The molecule has 0 aromatic rings. The van der Waals surface area contributed by atoms with Crippen molar-refractivity contribution in [3.63, 3.8) is 0 Å². The largest absolute Gasteiger partial charge is 0.370 e. The zero-order valence-corrected chi connectivity index (χ0v) is 8.31. The molecule has 0 aliphatic carbocycles. The summed E-state index contributed by atoms with van der Waals surface area (Å²) in [7, 11) is 0. The number of primary amides is 1. The second-order valence-corrected chi connectivity index (χ2v) is 3.61. The van der Waals surface area contributed by atoms with Gasteiger partial charge in [-0.15, -0.1) is 0 Å². The SMILES string of the molecule is CCCC(C)CCCCC(N)=O. The maximum absolute atomic E-state index is 10.4. The van der Waals surface area contributed by atoms with E-state index in [1.54, 1.807) is 0 Å². The Kier molecular flexibility index (Phi) is 6.82. The van der Waals surface area contributed by atoms with Crippen molar-refractivity contribution in [2.24, 2.45) is 11.7 Å². The van der Waals surface area contributed by atoms with E-state index in [2.05, 4.69) is 13.8 Å². The Bertz CT molecular complexity index is 123. The Morgan fingerprint density at radius 2 is 2.00 bits per heavy atom. The Labute approximate surface area is 75.5 Å². The van der Waals surface area contributed by atoms with E-state index in [9.17, 15) is 4.79 Å². The van der Waals surface area contributed by atoms with Crippen LogP contribution in [-0.2, 0) is 4.79 Å². The molecule has 0 spiro atoms. The molecule has 2 N–H and O–H groups in total. The molecule has 0 aliphatic rings. The first-order chi connectivity index (χ1) is 5.66. The van der Waals surface area contributed by atoms with Gasteiger partial charge in [-0.2, -0.15) is 0 Å². The van der Waals surface area contributed by atoms with E-state index in [4.69, 9.17) is 5.73 Å². The molecule has 2 heteroatoms. The summed E-state index contributed by atoms with van der Waals surface area (Å²) >= 11 is 0. The van der Waals surface area contributed by atoms with Gasteiger partial charge in [0, 0.05) is 6.42 Å². The van der Waals surface area contributed by atoms with Crippen molar-refractivity contribution in [1.82, 2.24) is 0 Å². The van der Waals surface area contributed by atoms with Crippen LogP contribution in [0.1, 0.15) is 52.4 Å². The summed E-state index contributed by atoms with van der Waals surface area (Å²) in [6.45, 7) is 4.48. The molecule has 0 heterocycles. The molecule has 0 aromatic carbocycles. The molecular weight excluding hydrogens is 150 g/mol.